The zero-order chi connectivity index (χ0) is 18.9. The first-order valence-corrected chi connectivity index (χ1v) is 10.0. The summed E-state index contributed by atoms with van der Waals surface area (Å²) in [5.41, 5.74) is 8.73. The molecule has 0 fully saturated rings. The number of fused-ring (bicyclic) bond motifs is 1. The summed E-state index contributed by atoms with van der Waals surface area (Å²) >= 11 is 1.69. The molecule has 0 amide bonds. The molecule has 3 heteroatoms. The average molecular weight is 376 g/mol. The van der Waals surface area contributed by atoms with E-state index in [-0.39, 0.29) is 0 Å². The Hall–Kier alpha value is -3.61. The molecule has 0 bridgehead atoms. The van der Waals surface area contributed by atoms with Crippen LogP contribution < -0.4 is 0 Å². The van der Waals surface area contributed by atoms with Gasteiger partial charge < -0.3 is 4.40 Å². The highest BCUT2D eigenvalue weighted by Crippen LogP contribution is 2.45. The fourth-order valence-corrected chi connectivity index (χ4v) is 4.44. The average Bonchev–Trinajstić information content (AvgIpc) is 3.40. The smallest absolute Gasteiger partial charge is 0.0992 e. The molecule has 3 heterocycles. The molecule has 2 aromatic carbocycles. The third-order valence-electron chi connectivity index (χ3n) is 4.99. The molecule has 28 heavy (non-hydrogen) atoms. The summed E-state index contributed by atoms with van der Waals surface area (Å²) < 4.78 is 2.21. The van der Waals surface area contributed by atoms with Gasteiger partial charge in [-0.3, -0.25) is 0 Å². The van der Waals surface area contributed by atoms with Crippen molar-refractivity contribution in [2.45, 2.75) is 0 Å². The van der Waals surface area contributed by atoms with Gasteiger partial charge in [0.05, 0.1) is 22.8 Å². The van der Waals surface area contributed by atoms with Crippen LogP contribution in [0.25, 0.3) is 39.0 Å². The van der Waals surface area contributed by atoms with E-state index in [0.717, 1.165) is 16.8 Å². The maximum atomic E-state index is 9.47. The summed E-state index contributed by atoms with van der Waals surface area (Å²) in [5.74, 6) is 0. The van der Waals surface area contributed by atoms with Gasteiger partial charge in [-0.2, -0.15) is 16.6 Å². The van der Waals surface area contributed by atoms with E-state index in [4.69, 9.17) is 0 Å². The van der Waals surface area contributed by atoms with Gasteiger partial charge in [0.2, 0.25) is 0 Å². The van der Waals surface area contributed by atoms with Gasteiger partial charge >= 0.3 is 0 Å². The molecule has 0 atom stereocenters. The van der Waals surface area contributed by atoms with Crippen LogP contribution in [0.3, 0.4) is 0 Å². The standard InChI is InChI=1S/C25H16N2S/c26-16-18-11-13-27-22(15-18)23(21-12-14-28-17-21)24(19-7-3-1-4-8-19)25(27)20-9-5-2-6-10-20/h1-15,17H. The van der Waals surface area contributed by atoms with Gasteiger partial charge in [-0.25, -0.2) is 0 Å². The first kappa shape index (κ1) is 16.6. The minimum Gasteiger partial charge on any atom is -0.315 e. The van der Waals surface area contributed by atoms with Crippen LogP contribution in [0.2, 0.25) is 0 Å². The van der Waals surface area contributed by atoms with E-state index in [1.807, 2.05) is 30.5 Å². The summed E-state index contributed by atoms with van der Waals surface area (Å²) in [5, 5.41) is 13.7. The van der Waals surface area contributed by atoms with Crippen molar-refractivity contribution in [3.8, 4) is 39.6 Å². The number of nitriles is 1. The van der Waals surface area contributed by atoms with Gasteiger partial charge in [0, 0.05) is 17.3 Å². The van der Waals surface area contributed by atoms with Gasteiger partial charge in [0.25, 0.3) is 0 Å². The predicted octanol–water partition coefficient (Wildman–Crippen LogP) is 6.87. The molecule has 5 rings (SSSR count). The Morgan fingerprint density at radius 2 is 1.46 bits per heavy atom. The first-order valence-electron chi connectivity index (χ1n) is 9.08. The molecule has 0 spiro atoms. The number of thiophene rings is 1. The third kappa shape index (κ3) is 2.63. The number of pyridine rings is 1. The van der Waals surface area contributed by atoms with Gasteiger partial charge in [0.1, 0.15) is 0 Å². The van der Waals surface area contributed by atoms with Gasteiger partial charge in [0.15, 0.2) is 0 Å². The molecule has 0 radical (unpaired) electrons. The maximum absolute atomic E-state index is 9.47. The van der Waals surface area contributed by atoms with Crippen molar-refractivity contribution < 1.29 is 0 Å². The lowest BCUT2D eigenvalue weighted by Crippen LogP contribution is -1.90. The quantitative estimate of drug-likeness (QED) is 0.337. The minimum atomic E-state index is 0.667. The molecule has 0 unspecified atom stereocenters. The number of aromatic nitrogens is 1. The highest BCUT2D eigenvalue weighted by Gasteiger charge is 2.22. The van der Waals surface area contributed by atoms with Crippen molar-refractivity contribution in [1.82, 2.24) is 4.40 Å². The third-order valence-corrected chi connectivity index (χ3v) is 5.67. The van der Waals surface area contributed by atoms with Crippen LogP contribution >= 0.6 is 11.3 Å². The second-order valence-corrected chi connectivity index (χ2v) is 7.41. The normalized spacial score (nSPS) is 10.8. The number of hydrogen-bond acceptors (Lipinski definition) is 2. The van der Waals surface area contributed by atoms with Gasteiger partial charge in [-0.05, 0) is 45.6 Å². The summed E-state index contributed by atoms with van der Waals surface area (Å²) in [6.07, 6.45) is 2.01. The highest BCUT2D eigenvalue weighted by atomic mass is 32.1. The summed E-state index contributed by atoms with van der Waals surface area (Å²) in [7, 11) is 0. The molecule has 0 N–H and O–H groups in total. The Morgan fingerprint density at radius 1 is 0.750 bits per heavy atom. The number of rotatable bonds is 3. The van der Waals surface area contributed by atoms with E-state index < -0.39 is 0 Å². The van der Waals surface area contributed by atoms with E-state index in [1.54, 1.807) is 11.3 Å². The summed E-state index contributed by atoms with van der Waals surface area (Å²) in [6, 6.07) is 29.3. The van der Waals surface area contributed by atoms with Gasteiger partial charge in [-0.1, -0.05) is 60.7 Å². The molecule has 3 aromatic heterocycles. The maximum Gasteiger partial charge on any atom is 0.0992 e. The van der Waals surface area contributed by atoms with Crippen molar-refractivity contribution in [3.05, 3.63) is 101 Å². The van der Waals surface area contributed by atoms with Crippen LogP contribution in [0.15, 0.2) is 95.8 Å². The lowest BCUT2D eigenvalue weighted by atomic mass is 9.94. The van der Waals surface area contributed by atoms with E-state index in [0.29, 0.717) is 5.56 Å². The van der Waals surface area contributed by atoms with Crippen LogP contribution in [0.4, 0.5) is 0 Å². The van der Waals surface area contributed by atoms with E-state index in [9.17, 15) is 5.26 Å². The van der Waals surface area contributed by atoms with E-state index in [1.165, 1.54) is 22.3 Å². The SMILES string of the molecule is N#Cc1ccn2c(-c3ccccc3)c(-c3ccccc3)c(-c3ccsc3)c2c1. The minimum absolute atomic E-state index is 0.667. The van der Waals surface area contributed by atoms with Crippen molar-refractivity contribution in [2.75, 3.05) is 0 Å². The van der Waals surface area contributed by atoms with Crippen LogP contribution in [0.5, 0.6) is 0 Å². The molecule has 132 valence electrons. The second kappa shape index (κ2) is 6.84. The van der Waals surface area contributed by atoms with Crippen LogP contribution in [0, 0.1) is 11.3 Å². The highest BCUT2D eigenvalue weighted by molar-refractivity contribution is 7.08. The Morgan fingerprint density at radius 3 is 2.11 bits per heavy atom. The van der Waals surface area contributed by atoms with Gasteiger partial charge in [-0.15, -0.1) is 0 Å². The fourth-order valence-electron chi connectivity index (χ4n) is 3.79. The van der Waals surface area contributed by atoms with E-state index >= 15 is 0 Å². The number of nitrogens with zero attached hydrogens (tertiary/aromatic N) is 2. The monoisotopic (exact) mass is 376 g/mol. The molecular weight excluding hydrogens is 360 g/mol. The topological polar surface area (TPSA) is 28.2 Å². The van der Waals surface area contributed by atoms with E-state index in [2.05, 4.69) is 75.8 Å². The predicted molar refractivity (Wildman–Crippen MR) is 116 cm³/mol. The molecule has 0 aliphatic heterocycles. The number of hydrogen-bond donors (Lipinski definition) is 0. The molecule has 2 nitrogen and oxygen atoms in total. The molecule has 0 saturated heterocycles. The molecule has 0 saturated carbocycles. The Labute approximate surface area is 167 Å². The lowest BCUT2D eigenvalue weighted by molar-refractivity contribution is 1.20. The fraction of sp³-hybridized carbons (Fsp3) is 0. The second-order valence-electron chi connectivity index (χ2n) is 6.63. The lowest BCUT2D eigenvalue weighted by Gasteiger charge is -2.09. The summed E-state index contributed by atoms with van der Waals surface area (Å²) in [4.78, 5) is 0. The molecule has 0 aliphatic carbocycles. The van der Waals surface area contributed by atoms with Crippen molar-refractivity contribution >= 4 is 16.9 Å². The van der Waals surface area contributed by atoms with Crippen LogP contribution in [-0.4, -0.2) is 4.40 Å². The summed E-state index contributed by atoms with van der Waals surface area (Å²) in [6.45, 7) is 0. The Bertz CT molecular complexity index is 1290. The molecule has 5 aromatic rings. The Kier molecular flexibility index (Phi) is 4.05. The van der Waals surface area contributed by atoms with Crippen molar-refractivity contribution in [1.29, 1.82) is 5.26 Å². The van der Waals surface area contributed by atoms with Crippen LogP contribution in [-0.2, 0) is 0 Å². The largest absolute Gasteiger partial charge is 0.315 e. The number of benzene rings is 2. The molecular formula is C25H16N2S. The molecule has 0 aliphatic rings. The zero-order valence-corrected chi connectivity index (χ0v) is 15.9. The van der Waals surface area contributed by atoms with Crippen molar-refractivity contribution in [2.24, 2.45) is 0 Å². The Balaban J connectivity index is 1.99. The first-order chi connectivity index (χ1) is 13.9. The zero-order valence-electron chi connectivity index (χ0n) is 15.0. The van der Waals surface area contributed by atoms with Crippen LogP contribution in [0.1, 0.15) is 5.56 Å². The van der Waals surface area contributed by atoms with Crippen molar-refractivity contribution in [3.63, 3.8) is 0 Å².